The van der Waals surface area contributed by atoms with Crippen LogP contribution in [0.4, 0.5) is 4.39 Å². The number of carbonyl (C=O) groups is 1. The smallest absolute Gasteiger partial charge is 0.272 e. The van der Waals surface area contributed by atoms with Crippen LogP contribution in [-0.2, 0) is 13.0 Å². The van der Waals surface area contributed by atoms with Crippen LogP contribution in [-0.4, -0.2) is 42.3 Å². The molecule has 3 heterocycles. The van der Waals surface area contributed by atoms with Crippen LogP contribution in [0.3, 0.4) is 0 Å². The van der Waals surface area contributed by atoms with E-state index in [-0.39, 0.29) is 29.6 Å². The molecule has 1 amide bonds. The fourth-order valence-electron chi connectivity index (χ4n) is 4.06. The lowest BCUT2D eigenvalue weighted by atomic mass is 10.0. The molecule has 0 saturated heterocycles. The summed E-state index contributed by atoms with van der Waals surface area (Å²) in [7, 11) is 0. The van der Waals surface area contributed by atoms with Gasteiger partial charge in [-0.05, 0) is 30.7 Å². The Balaban J connectivity index is 1.46. The first-order valence-electron chi connectivity index (χ1n) is 9.93. The van der Waals surface area contributed by atoms with Crippen molar-refractivity contribution in [1.82, 2.24) is 29.9 Å². The number of H-pyrrole nitrogens is 1. The molecule has 8 nitrogen and oxygen atoms in total. The van der Waals surface area contributed by atoms with Crippen molar-refractivity contribution >= 4 is 16.7 Å². The second kappa shape index (κ2) is 7.42. The van der Waals surface area contributed by atoms with Crippen LogP contribution in [0.15, 0.2) is 53.6 Å². The van der Waals surface area contributed by atoms with Crippen LogP contribution in [0.1, 0.15) is 40.4 Å². The number of benzene rings is 2. The zero-order valence-corrected chi connectivity index (χ0v) is 16.7. The lowest BCUT2D eigenvalue weighted by molar-refractivity contribution is 0.0676. The first kappa shape index (κ1) is 19.1. The number of hydrogen-bond donors (Lipinski definition) is 1. The molecular weight excluding hydrogens is 399 g/mol. The Labute approximate surface area is 176 Å². The van der Waals surface area contributed by atoms with Crippen molar-refractivity contribution in [1.29, 1.82) is 0 Å². The van der Waals surface area contributed by atoms with Gasteiger partial charge in [-0.3, -0.25) is 9.59 Å². The van der Waals surface area contributed by atoms with Gasteiger partial charge >= 0.3 is 0 Å². The number of carbonyl (C=O) groups excluding carboxylic acids is 1. The van der Waals surface area contributed by atoms with Gasteiger partial charge in [0.2, 0.25) is 0 Å². The second-order valence-corrected chi connectivity index (χ2v) is 7.73. The number of aromatic nitrogens is 5. The molecule has 0 radical (unpaired) electrons. The van der Waals surface area contributed by atoms with Crippen molar-refractivity contribution in [2.24, 2.45) is 0 Å². The predicted molar refractivity (Wildman–Crippen MR) is 111 cm³/mol. The predicted octanol–water partition coefficient (Wildman–Crippen LogP) is 2.46. The third-order valence-corrected chi connectivity index (χ3v) is 5.63. The highest BCUT2D eigenvalue weighted by atomic mass is 19.1. The second-order valence-electron chi connectivity index (χ2n) is 7.73. The maximum Gasteiger partial charge on any atom is 0.272 e. The minimum atomic E-state index is -0.576. The molecule has 156 valence electrons. The largest absolute Gasteiger partial charge is 0.329 e. The molecule has 0 fully saturated rings. The van der Waals surface area contributed by atoms with E-state index in [9.17, 15) is 14.0 Å². The molecule has 2 aromatic carbocycles. The molecule has 1 atom stereocenters. The molecule has 1 aliphatic rings. The molecule has 5 rings (SSSR count). The molecule has 1 aliphatic heterocycles. The average Bonchev–Trinajstić information content (AvgIpc) is 3.26. The molecule has 0 aliphatic carbocycles. The van der Waals surface area contributed by atoms with E-state index in [4.69, 9.17) is 0 Å². The van der Waals surface area contributed by atoms with Crippen LogP contribution >= 0.6 is 0 Å². The lowest BCUT2D eigenvalue weighted by Gasteiger charge is -2.31. The zero-order valence-electron chi connectivity index (χ0n) is 16.7. The van der Waals surface area contributed by atoms with E-state index in [0.29, 0.717) is 29.9 Å². The van der Waals surface area contributed by atoms with Gasteiger partial charge in [-0.2, -0.15) is 5.10 Å². The SMILES string of the molecule is CC1CN(C(=O)c2cc(Cc3n[nH]c(=O)c4ccccc34)ccc2F)Cc2nncn21. The lowest BCUT2D eigenvalue weighted by Crippen LogP contribution is -2.40. The summed E-state index contributed by atoms with van der Waals surface area (Å²) in [6.45, 7) is 2.69. The van der Waals surface area contributed by atoms with Gasteiger partial charge in [0.25, 0.3) is 11.5 Å². The Morgan fingerprint density at radius 2 is 2.03 bits per heavy atom. The van der Waals surface area contributed by atoms with Gasteiger partial charge in [0.1, 0.15) is 12.1 Å². The summed E-state index contributed by atoms with van der Waals surface area (Å²) in [4.78, 5) is 26.7. The number of aromatic amines is 1. The number of rotatable bonds is 3. The number of nitrogens with one attached hydrogen (secondary N) is 1. The third-order valence-electron chi connectivity index (χ3n) is 5.63. The topological polar surface area (TPSA) is 96.8 Å². The maximum absolute atomic E-state index is 14.6. The first-order valence-corrected chi connectivity index (χ1v) is 9.93. The summed E-state index contributed by atoms with van der Waals surface area (Å²) in [6, 6.07) is 11.7. The van der Waals surface area contributed by atoms with Gasteiger partial charge in [-0.15, -0.1) is 10.2 Å². The Hall–Kier alpha value is -3.88. The molecule has 9 heteroatoms. The summed E-state index contributed by atoms with van der Waals surface area (Å²) in [5.41, 5.74) is 1.12. The van der Waals surface area contributed by atoms with E-state index in [2.05, 4.69) is 20.4 Å². The Bertz CT molecular complexity index is 1360. The molecule has 31 heavy (non-hydrogen) atoms. The molecule has 4 aromatic rings. The fourth-order valence-corrected chi connectivity index (χ4v) is 4.06. The van der Waals surface area contributed by atoms with E-state index in [1.807, 2.05) is 23.6 Å². The molecule has 0 saturated carbocycles. The zero-order chi connectivity index (χ0) is 21.5. The van der Waals surface area contributed by atoms with E-state index in [0.717, 1.165) is 10.9 Å². The normalized spacial score (nSPS) is 15.8. The van der Waals surface area contributed by atoms with Crippen LogP contribution in [0, 0.1) is 5.82 Å². The summed E-state index contributed by atoms with van der Waals surface area (Å²) in [5.74, 6) is -0.292. The summed E-state index contributed by atoms with van der Waals surface area (Å²) in [5, 5.41) is 15.9. The van der Waals surface area contributed by atoms with Gasteiger partial charge < -0.3 is 9.47 Å². The maximum atomic E-state index is 14.6. The van der Waals surface area contributed by atoms with Crippen LogP contribution in [0.5, 0.6) is 0 Å². The van der Waals surface area contributed by atoms with E-state index < -0.39 is 5.82 Å². The van der Waals surface area contributed by atoms with Gasteiger partial charge in [0.15, 0.2) is 5.82 Å². The number of hydrogen-bond acceptors (Lipinski definition) is 5. The van der Waals surface area contributed by atoms with Crippen LogP contribution < -0.4 is 5.56 Å². The van der Waals surface area contributed by atoms with Crippen molar-refractivity contribution in [2.45, 2.75) is 25.9 Å². The third kappa shape index (κ3) is 3.37. The molecule has 0 spiro atoms. The minimum absolute atomic E-state index is 0.00523. The highest BCUT2D eigenvalue weighted by Gasteiger charge is 2.28. The van der Waals surface area contributed by atoms with Gasteiger partial charge in [0.05, 0.1) is 29.2 Å². The van der Waals surface area contributed by atoms with Crippen molar-refractivity contribution in [3.63, 3.8) is 0 Å². The van der Waals surface area contributed by atoms with Crippen molar-refractivity contribution < 1.29 is 9.18 Å². The van der Waals surface area contributed by atoms with Gasteiger partial charge in [0, 0.05) is 18.4 Å². The monoisotopic (exact) mass is 418 g/mol. The Morgan fingerprint density at radius 3 is 2.87 bits per heavy atom. The Morgan fingerprint density at radius 1 is 1.23 bits per heavy atom. The van der Waals surface area contributed by atoms with E-state index in [1.165, 1.54) is 6.07 Å². The summed E-state index contributed by atoms with van der Waals surface area (Å²) < 4.78 is 16.5. The molecule has 2 aromatic heterocycles. The summed E-state index contributed by atoms with van der Waals surface area (Å²) in [6.07, 6.45) is 1.99. The number of nitrogens with zero attached hydrogens (tertiary/aromatic N) is 5. The van der Waals surface area contributed by atoms with E-state index in [1.54, 1.807) is 35.5 Å². The van der Waals surface area contributed by atoms with E-state index >= 15 is 0 Å². The highest BCUT2D eigenvalue weighted by Crippen LogP contribution is 2.23. The van der Waals surface area contributed by atoms with Gasteiger partial charge in [-0.25, -0.2) is 9.49 Å². The van der Waals surface area contributed by atoms with Crippen molar-refractivity contribution in [3.05, 3.63) is 87.6 Å². The molecule has 0 bridgehead atoms. The average molecular weight is 418 g/mol. The molecule has 1 N–H and O–H groups in total. The van der Waals surface area contributed by atoms with Crippen molar-refractivity contribution in [2.75, 3.05) is 6.54 Å². The standard InChI is InChI=1S/C22H19FN6O2/c1-13-10-28(11-20-26-24-12-29(13)20)22(31)17-8-14(6-7-18(17)23)9-19-15-4-2-3-5-16(15)21(30)27-25-19/h2-8,12-13H,9-11H2,1H3,(H,27,30). The van der Waals surface area contributed by atoms with Crippen LogP contribution in [0.2, 0.25) is 0 Å². The first-order chi connectivity index (χ1) is 15.0. The number of amides is 1. The highest BCUT2D eigenvalue weighted by molar-refractivity contribution is 5.94. The fraction of sp³-hybridized carbons (Fsp3) is 0.227. The number of fused-ring (bicyclic) bond motifs is 2. The van der Waals surface area contributed by atoms with Crippen LogP contribution in [0.25, 0.3) is 10.8 Å². The number of halogens is 1. The van der Waals surface area contributed by atoms with Gasteiger partial charge in [-0.1, -0.05) is 24.3 Å². The molecule has 1 unspecified atom stereocenters. The Kier molecular flexibility index (Phi) is 4.58. The van der Waals surface area contributed by atoms with Crippen molar-refractivity contribution in [3.8, 4) is 0 Å². The quantitative estimate of drug-likeness (QED) is 0.551. The molecular formula is C22H19FN6O2. The minimum Gasteiger partial charge on any atom is -0.329 e. The summed E-state index contributed by atoms with van der Waals surface area (Å²) >= 11 is 0.